The second kappa shape index (κ2) is 6.41. The number of nitrogens with zero attached hydrogens (tertiary/aromatic N) is 1. The Bertz CT molecular complexity index is 482. The van der Waals surface area contributed by atoms with E-state index in [1.807, 2.05) is 0 Å². The summed E-state index contributed by atoms with van der Waals surface area (Å²) in [6.45, 7) is 0. The SMILES string of the molecule is O=C(N/N=C\c1ccc(F)cc1F)C1CCCCC1. The minimum Gasteiger partial charge on any atom is -0.273 e. The van der Waals surface area contributed by atoms with E-state index in [4.69, 9.17) is 0 Å². The van der Waals surface area contributed by atoms with Crippen molar-refractivity contribution >= 4 is 12.1 Å². The highest BCUT2D eigenvalue weighted by atomic mass is 19.1. The molecule has 1 aliphatic carbocycles. The smallest absolute Gasteiger partial charge is 0.243 e. The monoisotopic (exact) mass is 266 g/mol. The summed E-state index contributed by atoms with van der Waals surface area (Å²) >= 11 is 0. The van der Waals surface area contributed by atoms with Crippen LogP contribution in [-0.2, 0) is 4.79 Å². The molecule has 0 spiro atoms. The molecule has 0 aromatic heterocycles. The highest BCUT2D eigenvalue weighted by Gasteiger charge is 2.20. The molecular formula is C14H16F2N2O. The molecule has 3 nitrogen and oxygen atoms in total. The lowest BCUT2D eigenvalue weighted by Gasteiger charge is -2.19. The Labute approximate surface area is 110 Å². The van der Waals surface area contributed by atoms with Gasteiger partial charge in [0.2, 0.25) is 5.91 Å². The summed E-state index contributed by atoms with van der Waals surface area (Å²) in [4.78, 5) is 11.7. The van der Waals surface area contributed by atoms with Crippen molar-refractivity contribution < 1.29 is 13.6 Å². The van der Waals surface area contributed by atoms with Crippen molar-refractivity contribution in [1.29, 1.82) is 0 Å². The van der Waals surface area contributed by atoms with Crippen LogP contribution in [0.2, 0.25) is 0 Å². The predicted molar refractivity (Wildman–Crippen MR) is 68.7 cm³/mol. The van der Waals surface area contributed by atoms with Crippen LogP contribution in [-0.4, -0.2) is 12.1 Å². The van der Waals surface area contributed by atoms with Gasteiger partial charge in [-0.2, -0.15) is 5.10 Å². The van der Waals surface area contributed by atoms with Gasteiger partial charge in [-0.25, -0.2) is 14.2 Å². The first-order valence-corrected chi connectivity index (χ1v) is 6.45. The molecule has 1 saturated carbocycles. The van der Waals surface area contributed by atoms with E-state index in [1.54, 1.807) is 0 Å². The van der Waals surface area contributed by atoms with Crippen molar-refractivity contribution in [2.75, 3.05) is 0 Å². The Morgan fingerprint density at radius 1 is 1.26 bits per heavy atom. The third kappa shape index (κ3) is 3.84. The first-order valence-electron chi connectivity index (χ1n) is 6.45. The quantitative estimate of drug-likeness (QED) is 0.663. The van der Waals surface area contributed by atoms with Gasteiger partial charge < -0.3 is 0 Å². The lowest BCUT2D eigenvalue weighted by molar-refractivity contribution is -0.125. The maximum Gasteiger partial charge on any atom is 0.243 e. The molecule has 0 aliphatic heterocycles. The lowest BCUT2D eigenvalue weighted by atomic mass is 9.89. The van der Waals surface area contributed by atoms with Gasteiger partial charge in [0.25, 0.3) is 0 Å². The van der Waals surface area contributed by atoms with E-state index in [2.05, 4.69) is 10.5 Å². The molecule has 102 valence electrons. The van der Waals surface area contributed by atoms with Crippen LogP contribution in [0.3, 0.4) is 0 Å². The van der Waals surface area contributed by atoms with Crippen molar-refractivity contribution in [1.82, 2.24) is 5.43 Å². The number of amides is 1. The summed E-state index contributed by atoms with van der Waals surface area (Å²) in [5.74, 6) is -1.46. The van der Waals surface area contributed by atoms with Crippen molar-refractivity contribution in [2.24, 2.45) is 11.0 Å². The molecule has 1 aliphatic rings. The average molecular weight is 266 g/mol. The molecule has 0 radical (unpaired) electrons. The maximum atomic E-state index is 13.3. The Balaban J connectivity index is 1.90. The fourth-order valence-corrected chi connectivity index (χ4v) is 2.23. The molecule has 1 aromatic rings. The second-order valence-electron chi connectivity index (χ2n) is 4.74. The maximum absolute atomic E-state index is 13.3. The first kappa shape index (κ1) is 13.6. The van der Waals surface area contributed by atoms with Gasteiger partial charge in [0.1, 0.15) is 11.6 Å². The van der Waals surface area contributed by atoms with Crippen LogP contribution in [0.5, 0.6) is 0 Å². The number of halogens is 2. The zero-order valence-electron chi connectivity index (χ0n) is 10.5. The van der Waals surface area contributed by atoms with Crippen molar-refractivity contribution in [2.45, 2.75) is 32.1 Å². The van der Waals surface area contributed by atoms with Gasteiger partial charge in [0.05, 0.1) is 6.21 Å². The van der Waals surface area contributed by atoms with Crippen molar-refractivity contribution in [3.05, 3.63) is 35.4 Å². The Kier molecular flexibility index (Phi) is 4.60. The Hall–Kier alpha value is -1.78. The average Bonchev–Trinajstić information content (AvgIpc) is 2.42. The van der Waals surface area contributed by atoms with E-state index in [0.717, 1.165) is 37.8 Å². The number of hydrogen-bond donors (Lipinski definition) is 1. The van der Waals surface area contributed by atoms with Crippen LogP contribution in [0.25, 0.3) is 0 Å². The lowest BCUT2D eigenvalue weighted by Crippen LogP contribution is -2.28. The van der Waals surface area contributed by atoms with Crippen LogP contribution in [0, 0.1) is 17.6 Å². The van der Waals surface area contributed by atoms with Gasteiger partial charge in [-0.15, -0.1) is 0 Å². The fourth-order valence-electron chi connectivity index (χ4n) is 2.23. The van der Waals surface area contributed by atoms with E-state index < -0.39 is 11.6 Å². The minimum absolute atomic E-state index is 0.00367. The zero-order chi connectivity index (χ0) is 13.7. The molecule has 1 fully saturated rings. The normalized spacial score (nSPS) is 16.7. The van der Waals surface area contributed by atoms with Gasteiger partial charge in [-0.1, -0.05) is 19.3 Å². The van der Waals surface area contributed by atoms with Crippen molar-refractivity contribution in [3.8, 4) is 0 Å². The largest absolute Gasteiger partial charge is 0.273 e. The molecule has 19 heavy (non-hydrogen) atoms. The minimum atomic E-state index is -0.698. The molecule has 0 unspecified atom stereocenters. The third-order valence-electron chi connectivity index (χ3n) is 3.32. The summed E-state index contributed by atoms with van der Waals surface area (Å²) in [7, 11) is 0. The molecule has 1 amide bonds. The molecule has 0 heterocycles. The summed E-state index contributed by atoms with van der Waals surface area (Å²) in [5, 5.41) is 3.72. The van der Waals surface area contributed by atoms with E-state index in [0.29, 0.717) is 0 Å². The highest BCUT2D eigenvalue weighted by molar-refractivity contribution is 5.83. The van der Waals surface area contributed by atoms with Gasteiger partial charge in [-0.05, 0) is 25.0 Å². The van der Waals surface area contributed by atoms with Crippen LogP contribution >= 0.6 is 0 Å². The summed E-state index contributed by atoms with van der Waals surface area (Å²) < 4.78 is 26.0. The van der Waals surface area contributed by atoms with Gasteiger partial charge >= 0.3 is 0 Å². The van der Waals surface area contributed by atoms with E-state index in [9.17, 15) is 13.6 Å². The topological polar surface area (TPSA) is 41.5 Å². The van der Waals surface area contributed by atoms with Crippen LogP contribution in [0.15, 0.2) is 23.3 Å². The molecule has 0 atom stereocenters. The van der Waals surface area contributed by atoms with Crippen LogP contribution in [0.1, 0.15) is 37.7 Å². The summed E-state index contributed by atoms with van der Waals surface area (Å²) in [6, 6.07) is 3.21. The summed E-state index contributed by atoms with van der Waals surface area (Å²) in [5.41, 5.74) is 2.56. The van der Waals surface area contributed by atoms with E-state index in [1.165, 1.54) is 18.7 Å². The van der Waals surface area contributed by atoms with Crippen LogP contribution < -0.4 is 5.43 Å². The summed E-state index contributed by atoms with van der Waals surface area (Å²) in [6.07, 6.45) is 6.25. The molecule has 2 rings (SSSR count). The van der Waals surface area contributed by atoms with E-state index in [-0.39, 0.29) is 17.4 Å². The third-order valence-corrected chi connectivity index (χ3v) is 3.32. The van der Waals surface area contributed by atoms with Gasteiger partial charge in [0.15, 0.2) is 0 Å². The molecule has 5 heteroatoms. The Morgan fingerprint density at radius 2 is 2.00 bits per heavy atom. The number of hydrazone groups is 1. The first-order chi connectivity index (χ1) is 9.16. The fraction of sp³-hybridized carbons (Fsp3) is 0.429. The zero-order valence-corrected chi connectivity index (χ0v) is 10.5. The van der Waals surface area contributed by atoms with Gasteiger partial charge in [0, 0.05) is 17.5 Å². The standard InChI is InChI=1S/C14H16F2N2O/c15-12-7-6-11(13(16)8-12)9-17-18-14(19)10-4-2-1-3-5-10/h6-10H,1-5H2,(H,18,19)/b17-9-. The van der Waals surface area contributed by atoms with Crippen molar-refractivity contribution in [3.63, 3.8) is 0 Å². The molecular weight excluding hydrogens is 250 g/mol. The molecule has 0 saturated heterocycles. The number of rotatable bonds is 3. The molecule has 1 aromatic carbocycles. The highest BCUT2D eigenvalue weighted by Crippen LogP contribution is 2.23. The predicted octanol–water partition coefficient (Wildman–Crippen LogP) is 3.00. The van der Waals surface area contributed by atoms with Crippen LogP contribution in [0.4, 0.5) is 8.78 Å². The van der Waals surface area contributed by atoms with Gasteiger partial charge in [-0.3, -0.25) is 4.79 Å². The Morgan fingerprint density at radius 3 is 2.68 bits per heavy atom. The number of benzene rings is 1. The van der Waals surface area contributed by atoms with E-state index >= 15 is 0 Å². The molecule has 0 bridgehead atoms. The number of carbonyl (C=O) groups excluding carboxylic acids is 1. The second-order valence-corrected chi connectivity index (χ2v) is 4.74. The molecule has 1 N–H and O–H groups in total. The number of hydrogen-bond acceptors (Lipinski definition) is 2. The number of carbonyl (C=O) groups is 1. The number of nitrogens with one attached hydrogen (secondary N) is 1.